The number of aliphatic hydroxyl groups is 1. The minimum Gasteiger partial charge on any atom is -0.388 e. The quantitative estimate of drug-likeness (QED) is 0.781. The van der Waals surface area contributed by atoms with E-state index < -0.39 is 0 Å². The first-order valence-corrected chi connectivity index (χ1v) is 7.05. The molecule has 1 aliphatic heterocycles. The Kier molecular flexibility index (Phi) is 3.91. The Labute approximate surface area is 100 Å². The zero-order chi connectivity index (χ0) is 11.6. The molecular formula is C14H27NO. The maximum absolute atomic E-state index is 10.8. The van der Waals surface area contributed by atoms with Crippen molar-refractivity contribution in [1.82, 2.24) is 4.90 Å². The smallest absolute Gasteiger partial charge is 0.0802 e. The molecule has 1 heterocycles. The van der Waals surface area contributed by atoms with Crippen molar-refractivity contribution in [2.45, 2.75) is 57.5 Å². The standard InChI is InChI=1S/C14H27NO/c1-3-12-5-7-13(8-6-12)14(16)9-4-10-15(2)11-14/h12-13,16H,3-11H2,1-2H3. The number of nitrogens with zero attached hydrogens (tertiary/aromatic N) is 1. The van der Waals surface area contributed by atoms with Crippen LogP contribution in [0.1, 0.15) is 51.9 Å². The van der Waals surface area contributed by atoms with Crippen LogP contribution in [-0.4, -0.2) is 35.7 Å². The van der Waals surface area contributed by atoms with Crippen LogP contribution in [0, 0.1) is 11.8 Å². The fraction of sp³-hybridized carbons (Fsp3) is 1.00. The van der Waals surface area contributed by atoms with Crippen molar-refractivity contribution in [3.8, 4) is 0 Å². The highest BCUT2D eigenvalue weighted by atomic mass is 16.3. The average molecular weight is 225 g/mol. The number of likely N-dealkylation sites (N-methyl/N-ethyl adjacent to an activating group) is 1. The van der Waals surface area contributed by atoms with Gasteiger partial charge in [0.2, 0.25) is 0 Å². The fourth-order valence-corrected chi connectivity index (χ4v) is 3.72. The summed E-state index contributed by atoms with van der Waals surface area (Å²) in [7, 11) is 2.14. The van der Waals surface area contributed by atoms with Gasteiger partial charge in [0.25, 0.3) is 0 Å². The lowest BCUT2D eigenvalue weighted by Gasteiger charge is -2.45. The molecule has 0 aromatic carbocycles. The highest BCUT2D eigenvalue weighted by molar-refractivity contribution is 4.93. The summed E-state index contributed by atoms with van der Waals surface area (Å²) < 4.78 is 0. The van der Waals surface area contributed by atoms with E-state index in [4.69, 9.17) is 0 Å². The van der Waals surface area contributed by atoms with Crippen LogP contribution in [-0.2, 0) is 0 Å². The molecule has 2 aliphatic rings. The Morgan fingerprint density at radius 2 is 1.94 bits per heavy atom. The molecule has 1 atom stereocenters. The largest absolute Gasteiger partial charge is 0.388 e. The predicted octanol–water partition coefficient (Wildman–Crippen LogP) is 2.66. The predicted molar refractivity (Wildman–Crippen MR) is 67.4 cm³/mol. The summed E-state index contributed by atoms with van der Waals surface area (Å²) in [6.07, 6.45) is 8.70. The van der Waals surface area contributed by atoms with E-state index in [1.165, 1.54) is 38.5 Å². The van der Waals surface area contributed by atoms with E-state index in [0.29, 0.717) is 5.92 Å². The summed E-state index contributed by atoms with van der Waals surface area (Å²) in [6, 6.07) is 0. The monoisotopic (exact) mass is 225 g/mol. The summed E-state index contributed by atoms with van der Waals surface area (Å²) in [4.78, 5) is 2.30. The number of piperidine rings is 1. The van der Waals surface area contributed by atoms with Gasteiger partial charge in [-0.15, -0.1) is 0 Å². The van der Waals surface area contributed by atoms with E-state index in [1.54, 1.807) is 0 Å². The second-order valence-electron chi connectivity index (χ2n) is 6.07. The van der Waals surface area contributed by atoms with Gasteiger partial charge in [0.1, 0.15) is 0 Å². The molecular weight excluding hydrogens is 198 g/mol. The fourth-order valence-electron chi connectivity index (χ4n) is 3.72. The van der Waals surface area contributed by atoms with E-state index in [1.807, 2.05) is 0 Å². The van der Waals surface area contributed by atoms with Crippen molar-refractivity contribution in [2.24, 2.45) is 11.8 Å². The SMILES string of the molecule is CCC1CCC(C2(O)CCCN(C)C2)CC1. The number of β-amino-alcohol motifs (C(OH)–C–C–N with tert-alkyl or cyclic N) is 1. The van der Waals surface area contributed by atoms with E-state index >= 15 is 0 Å². The summed E-state index contributed by atoms with van der Waals surface area (Å²) in [6.45, 7) is 4.36. The molecule has 1 N–H and O–H groups in total. The van der Waals surface area contributed by atoms with Crippen molar-refractivity contribution in [2.75, 3.05) is 20.1 Å². The molecule has 0 aromatic rings. The summed E-state index contributed by atoms with van der Waals surface area (Å²) in [5, 5.41) is 10.8. The van der Waals surface area contributed by atoms with Gasteiger partial charge in [0.05, 0.1) is 5.60 Å². The molecule has 0 bridgehead atoms. The van der Waals surface area contributed by atoms with E-state index in [2.05, 4.69) is 18.9 Å². The van der Waals surface area contributed by atoms with Crippen LogP contribution in [0.15, 0.2) is 0 Å². The number of hydrogen-bond donors (Lipinski definition) is 1. The molecule has 16 heavy (non-hydrogen) atoms. The van der Waals surface area contributed by atoms with Crippen molar-refractivity contribution in [1.29, 1.82) is 0 Å². The van der Waals surface area contributed by atoms with Gasteiger partial charge >= 0.3 is 0 Å². The van der Waals surface area contributed by atoms with E-state index in [0.717, 1.165) is 25.4 Å². The minimum absolute atomic E-state index is 0.369. The summed E-state index contributed by atoms with van der Waals surface area (Å²) in [5.41, 5.74) is -0.369. The van der Waals surface area contributed by atoms with Crippen LogP contribution in [0.5, 0.6) is 0 Å². The lowest BCUT2D eigenvalue weighted by atomic mass is 9.70. The van der Waals surface area contributed by atoms with Crippen LogP contribution < -0.4 is 0 Å². The molecule has 1 unspecified atom stereocenters. The topological polar surface area (TPSA) is 23.5 Å². The van der Waals surface area contributed by atoms with E-state index in [9.17, 15) is 5.11 Å². The minimum atomic E-state index is -0.369. The van der Waals surface area contributed by atoms with Gasteiger partial charge in [0.15, 0.2) is 0 Å². The average Bonchev–Trinajstić information content (AvgIpc) is 2.29. The molecule has 0 radical (unpaired) electrons. The third kappa shape index (κ3) is 2.60. The first-order chi connectivity index (χ1) is 7.64. The van der Waals surface area contributed by atoms with Crippen LogP contribution in [0.3, 0.4) is 0 Å². The maximum atomic E-state index is 10.8. The van der Waals surface area contributed by atoms with Crippen LogP contribution in [0.2, 0.25) is 0 Å². The molecule has 2 fully saturated rings. The Hall–Kier alpha value is -0.0800. The zero-order valence-electron chi connectivity index (χ0n) is 10.9. The van der Waals surface area contributed by atoms with Gasteiger partial charge in [-0.3, -0.25) is 0 Å². The molecule has 1 saturated heterocycles. The van der Waals surface area contributed by atoms with Crippen molar-refractivity contribution >= 4 is 0 Å². The summed E-state index contributed by atoms with van der Waals surface area (Å²) in [5.74, 6) is 1.50. The summed E-state index contributed by atoms with van der Waals surface area (Å²) >= 11 is 0. The highest BCUT2D eigenvalue weighted by Gasteiger charge is 2.40. The molecule has 0 amide bonds. The highest BCUT2D eigenvalue weighted by Crippen LogP contribution is 2.40. The molecule has 1 saturated carbocycles. The Balaban J connectivity index is 1.91. The lowest BCUT2D eigenvalue weighted by molar-refractivity contribution is -0.0827. The second-order valence-corrected chi connectivity index (χ2v) is 6.07. The van der Waals surface area contributed by atoms with Gasteiger partial charge in [0, 0.05) is 6.54 Å². The van der Waals surface area contributed by atoms with Crippen molar-refractivity contribution < 1.29 is 5.11 Å². The Morgan fingerprint density at radius 3 is 2.50 bits per heavy atom. The third-order valence-electron chi connectivity index (χ3n) is 4.88. The van der Waals surface area contributed by atoms with Crippen molar-refractivity contribution in [3.63, 3.8) is 0 Å². The Bertz CT molecular complexity index is 223. The van der Waals surface area contributed by atoms with Crippen LogP contribution >= 0.6 is 0 Å². The second kappa shape index (κ2) is 5.05. The van der Waals surface area contributed by atoms with Gasteiger partial charge in [-0.1, -0.05) is 26.2 Å². The number of hydrogen-bond acceptors (Lipinski definition) is 2. The van der Waals surface area contributed by atoms with Crippen molar-refractivity contribution in [3.05, 3.63) is 0 Å². The number of rotatable bonds is 2. The first kappa shape index (κ1) is 12.4. The van der Waals surface area contributed by atoms with Gasteiger partial charge in [-0.25, -0.2) is 0 Å². The van der Waals surface area contributed by atoms with E-state index in [-0.39, 0.29) is 5.60 Å². The normalized spacial score (nSPS) is 42.2. The molecule has 0 spiro atoms. The molecule has 0 aromatic heterocycles. The van der Waals surface area contributed by atoms with Gasteiger partial charge < -0.3 is 10.0 Å². The number of likely N-dealkylation sites (tertiary alicyclic amines) is 1. The molecule has 2 heteroatoms. The Morgan fingerprint density at radius 1 is 1.25 bits per heavy atom. The third-order valence-corrected chi connectivity index (χ3v) is 4.88. The van der Waals surface area contributed by atoms with Crippen LogP contribution in [0.4, 0.5) is 0 Å². The molecule has 94 valence electrons. The molecule has 2 nitrogen and oxygen atoms in total. The van der Waals surface area contributed by atoms with Gasteiger partial charge in [-0.05, 0) is 51.1 Å². The molecule has 2 rings (SSSR count). The van der Waals surface area contributed by atoms with Crippen LogP contribution in [0.25, 0.3) is 0 Å². The molecule has 1 aliphatic carbocycles. The maximum Gasteiger partial charge on any atom is 0.0802 e. The zero-order valence-corrected chi connectivity index (χ0v) is 10.9. The first-order valence-electron chi connectivity index (χ1n) is 7.05. The van der Waals surface area contributed by atoms with Gasteiger partial charge in [-0.2, -0.15) is 0 Å². The lowest BCUT2D eigenvalue weighted by Crippen LogP contribution is -2.52.